The highest BCUT2D eigenvalue weighted by atomic mass is 16.5. The van der Waals surface area contributed by atoms with Gasteiger partial charge in [0.2, 0.25) is 0 Å². The largest absolute Gasteiger partial charge is 0.507 e. The number of hydrogen-bond donors (Lipinski definition) is 3. The van der Waals surface area contributed by atoms with Crippen molar-refractivity contribution in [2.75, 3.05) is 39.5 Å². The molecule has 0 aliphatic carbocycles. The van der Waals surface area contributed by atoms with Gasteiger partial charge < -0.3 is 25.2 Å². The van der Waals surface area contributed by atoms with Crippen molar-refractivity contribution in [1.82, 2.24) is 10.6 Å². The number of nitrogens with one attached hydrogen (secondary N) is 2. The smallest absolute Gasteiger partial charge is 0.191 e. The van der Waals surface area contributed by atoms with Crippen molar-refractivity contribution < 1.29 is 14.6 Å². The van der Waals surface area contributed by atoms with Gasteiger partial charge >= 0.3 is 0 Å². The third-order valence-corrected chi connectivity index (χ3v) is 3.87. The average Bonchev–Trinajstić information content (AvgIpc) is 2.62. The predicted molar refractivity (Wildman–Crippen MR) is 107 cm³/mol. The van der Waals surface area contributed by atoms with Gasteiger partial charge in [0.15, 0.2) is 5.96 Å². The zero-order valence-corrected chi connectivity index (χ0v) is 16.7. The van der Waals surface area contributed by atoms with E-state index in [1.54, 1.807) is 0 Å². The summed E-state index contributed by atoms with van der Waals surface area (Å²) in [6, 6.07) is 3.94. The SMILES string of the molecule is CCCCOCCOCCNC(=NCc1cc(C)c(O)c(C)c1)NCC. The molecule has 0 saturated carbocycles. The minimum atomic E-state index is 0.360. The number of hydrogen-bond acceptors (Lipinski definition) is 4. The van der Waals surface area contributed by atoms with Crippen molar-refractivity contribution in [3.05, 3.63) is 28.8 Å². The minimum absolute atomic E-state index is 0.360. The Morgan fingerprint density at radius 3 is 2.27 bits per heavy atom. The number of unbranched alkanes of at least 4 members (excludes halogenated alkanes) is 1. The molecule has 0 radical (unpaired) electrons. The Labute approximate surface area is 158 Å². The van der Waals surface area contributed by atoms with E-state index in [9.17, 15) is 5.11 Å². The maximum atomic E-state index is 9.86. The van der Waals surface area contributed by atoms with Gasteiger partial charge in [0, 0.05) is 19.7 Å². The van der Waals surface area contributed by atoms with Gasteiger partial charge in [0.05, 0.1) is 26.4 Å². The van der Waals surface area contributed by atoms with Gasteiger partial charge in [-0.2, -0.15) is 0 Å². The van der Waals surface area contributed by atoms with Gasteiger partial charge in [-0.3, -0.25) is 0 Å². The number of aromatic hydroxyl groups is 1. The zero-order valence-electron chi connectivity index (χ0n) is 16.7. The van der Waals surface area contributed by atoms with Crippen LogP contribution in [0.15, 0.2) is 17.1 Å². The Balaban J connectivity index is 2.33. The number of guanidine groups is 1. The Kier molecular flexibility index (Phi) is 11.5. The van der Waals surface area contributed by atoms with E-state index in [0.29, 0.717) is 38.7 Å². The number of ether oxygens (including phenoxy) is 2. The van der Waals surface area contributed by atoms with Crippen LogP contribution in [-0.2, 0) is 16.0 Å². The van der Waals surface area contributed by atoms with Crippen LogP contribution in [0.1, 0.15) is 43.4 Å². The van der Waals surface area contributed by atoms with Gasteiger partial charge in [-0.05, 0) is 43.9 Å². The number of aryl methyl sites for hydroxylation is 2. The first kappa shape index (κ1) is 22.3. The molecule has 1 aromatic rings. The molecule has 0 aromatic heterocycles. The zero-order chi connectivity index (χ0) is 19.2. The second kappa shape index (κ2) is 13.4. The molecule has 148 valence electrons. The van der Waals surface area contributed by atoms with Gasteiger partial charge in [-0.1, -0.05) is 25.5 Å². The Morgan fingerprint density at radius 1 is 1.00 bits per heavy atom. The van der Waals surface area contributed by atoms with E-state index in [-0.39, 0.29) is 0 Å². The monoisotopic (exact) mass is 365 g/mol. The van der Waals surface area contributed by atoms with Crippen LogP contribution in [0, 0.1) is 13.8 Å². The van der Waals surface area contributed by atoms with Crippen molar-refractivity contribution >= 4 is 5.96 Å². The number of benzene rings is 1. The molecule has 0 spiro atoms. The highest BCUT2D eigenvalue weighted by Crippen LogP contribution is 2.23. The molecule has 0 unspecified atom stereocenters. The van der Waals surface area contributed by atoms with Gasteiger partial charge in [0.1, 0.15) is 5.75 Å². The van der Waals surface area contributed by atoms with Gasteiger partial charge in [-0.15, -0.1) is 0 Å². The molecule has 0 amide bonds. The lowest BCUT2D eigenvalue weighted by Gasteiger charge is -2.12. The topological polar surface area (TPSA) is 75.1 Å². The number of phenolic OH excluding ortho intramolecular Hbond substituents is 1. The highest BCUT2D eigenvalue weighted by molar-refractivity contribution is 5.79. The molecule has 0 bridgehead atoms. The molecule has 0 saturated heterocycles. The van der Waals surface area contributed by atoms with E-state index in [4.69, 9.17) is 9.47 Å². The van der Waals surface area contributed by atoms with Crippen LogP contribution in [0.5, 0.6) is 5.75 Å². The molecule has 1 rings (SSSR count). The lowest BCUT2D eigenvalue weighted by Crippen LogP contribution is -2.39. The maximum absolute atomic E-state index is 9.86. The molecule has 0 aliphatic heterocycles. The van der Waals surface area contributed by atoms with E-state index in [0.717, 1.165) is 48.6 Å². The molecular formula is C20H35N3O3. The first-order valence-corrected chi connectivity index (χ1v) is 9.55. The van der Waals surface area contributed by atoms with E-state index in [1.165, 1.54) is 0 Å². The summed E-state index contributed by atoms with van der Waals surface area (Å²) in [7, 11) is 0. The number of rotatable bonds is 12. The fraction of sp³-hybridized carbons (Fsp3) is 0.650. The molecule has 3 N–H and O–H groups in total. The summed E-state index contributed by atoms with van der Waals surface area (Å²) in [4.78, 5) is 4.60. The quantitative estimate of drug-likeness (QED) is 0.302. The molecule has 6 heteroatoms. The van der Waals surface area contributed by atoms with Crippen LogP contribution in [-0.4, -0.2) is 50.6 Å². The summed E-state index contributed by atoms with van der Waals surface area (Å²) < 4.78 is 11.0. The van der Waals surface area contributed by atoms with Crippen molar-refractivity contribution in [2.24, 2.45) is 4.99 Å². The molecule has 1 aromatic carbocycles. The summed E-state index contributed by atoms with van der Waals surface area (Å²) in [5.74, 6) is 1.12. The molecule has 0 atom stereocenters. The van der Waals surface area contributed by atoms with Crippen LogP contribution in [0.25, 0.3) is 0 Å². The minimum Gasteiger partial charge on any atom is -0.507 e. The summed E-state index contributed by atoms with van der Waals surface area (Å²) >= 11 is 0. The molecule has 6 nitrogen and oxygen atoms in total. The third kappa shape index (κ3) is 9.06. The summed E-state index contributed by atoms with van der Waals surface area (Å²) in [6.07, 6.45) is 2.25. The number of phenols is 1. The van der Waals surface area contributed by atoms with Gasteiger partial charge in [0.25, 0.3) is 0 Å². The third-order valence-electron chi connectivity index (χ3n) is 3.87. The Hall–Kier alpha value is -1.79. The van der Waals surface area contributed by atoms with Crippen molar-refractivity contribution in [3.63, 3.8) is 0 Å². The summed E-state index contributed by atoms with van der Waals surface area (Å²) in [5, 5.41) is 16.4. The van der Waals surface area contributed by atoms with Crippen LogP contribution in [0.4, 0.5) is 0 Å². The van der Waals surface area contributed by atoms with E-state index < -0.39 is 0 Å². The molecule has 0 aliphatic rings. The van der Waals surface area contributed by atoms with Crippen LogP contribution < -0.4 is 10.6 Å². The summed E-state index contributed by atoms with van der Waals surface area (Å²) in [5.41, 5.74) is 2.83. The molecule has 0 heterocycles. The van der Waals surface area contributed by atoms with E-state index in [2.05, 4.69) is 22.5 Å². The fourth-order valence-electron chi connectivity index (χ4n) is 2.46. The highest BCUT2D eigenvalue weighted by Gasteiger charge is 2.04. The van der Waals surface area contributed by atoms with Crippen LogP contribution in [0.3, 0.4) is 0 Å². The van der Waals surface area contributed by atoms with E-state index in [1.807, 2.05) is 32.9 Å². The van der Waals surface area contributed by atoms with Crippen molar-refractivity contribution in [3.8, 4) is 5.75 Å². The Bertz CT molecular complexity index is 524. The second-order valence-corrected chi connectivity index (χ2v) is 6.28. The number of nitrogens with zero attached hydrogens (tertiary/aromatic N) is 1. The van der Waals surface area contributed by atoms with Crippen LogP contribution in [0.2, 0.25) is 0 Å². The predicted octanol–water partition coefficient (Wildman–Crippen LogP) is 2.90. The lowest BCUT2D eigenvalue weighted by molar-refractivity contribution is 0.0487. The second-order valence-electron chi connectivity index (χ2n) is 6.28. The van der Waals surface area contributed by atoms with Gasteiger partial charge in [-0.25, -0.2) is 4.99 Å². The molecule has 0 fully saturated rings. The maximum Gasteiger partial charge on any atom is 0.191 e. The normalized spacial score (nSPS) is 11.6. The van der Waals surface area contributed by atoms with Crippen molar-refractivity contribution in [2.45, 2.75) is 47.1 Å². The van der Waals surface area contributed by atoms with E-state index >= 15 is 0 Å². The first-order chi connectivity index (χ1) is 12.6. The molecular weight excluding hydrogens is 330 g/mol. The lowest BCUT2D eigenvalue weighted by atomic mass is 10.1. The molecule has 26 heavy (non-hydrogen) atoms. The first-order valence-electron chi connectivity index (χ1n) is 9.55. The number of aliphatic imine (C=N–C) groups is 1. The van der Waals surface area contributed by atoms with Crippen molar-refractivity contribution in [1.29, 1.82) is 0 Å². The average molecular weight is 366 g/mol. The Morgan fingerprint density at radius 2 is 1.65 bits per heavy atom. The van der Waals surface area contributed by atoms with Crippen LogP contribution >= 0.6 is 0 Å². The standard InChI is InChI=1S/C20H35N3O3/c1-5-7-9-25-11-12-26-10-8-22-20(21-6-2)23-15-18-13-16(3)19(24)17(4)14-18/h13-14,24H,5-12,15H2,1-4H3,(H2,21,22,23). The summed E-state index contributed by atoms with van der Waals surface area (Å²) in [6.45, 7) is 12.7. The fourth-order valence-corrected chi connectivity index (χ4v) is 2.46.